The zero-order valence-corrected chi connectivity index (χ0v) is 5.76. The van der Waals surface area contributed by atoms with Gasteiger partial charge >= 0.3 is 0 Å². The summed E-state index contributed by atoms with van der Waals surface area (Å²) in [5.74, 6) is 0. The van der Waals surface area contributed by atoms with Crippen molar-refractivity contribution < 1.29 is 26.0 Å². The first-order chi connectivity index (χ1) is 2.27. The Morgan fingerprint density at radius 1 is 1.83 bits per heavy atom. The van der Waals surface area contributed by atoms with E-state index in [0.717, 1.165) is 0 Å². The van der Waals surface area contributed by atoms with E-state index >= 15 is 0 Å². The van der Waals surface area contributed by atoms with Crippen molar-refractivity contribution in [3.05, 3.63) is 22.9 Å². The molecule has 6 heavy (non-hydrogen) atoms. The van der Waals surface area contributed by atoms with Crippen molar-refractivity contribution in [2.24, 2.45) is 0 Å². The molecule has 0 N–H and O–H groups in total. The van der Waals surface area contributed by atoms with Crippen LogP contribution in [-0.2, 0) is 21.1 Å². The van der Waals surface area contributed by atoms with E-state index in [1.165, 1.54) is 0 Å². The van der Waals surface area contributed by atoms with Gasteiger partial charge in [-0.15, -0.1) is 0 Å². The summed E-state index contributed by atoms with van der Waals surface area (Å²) in [6, 6.07) is 0. The smallest absolute Gasteiger partial charge is 0.0557 e. The quantitative estimate of drug-likeness (QED) is 0.382. The first-order valence-electron chi connectivity index (χ1n) is 0.957. The maximum Gasteiger partial charge on any atom is 0.0557 e. The fourth-order valence-corrected chi connectivity index (χ4v) is 0. The van der Waals surface area contributed by atoms with E-state index in [-0.39, 0.29) is 21.1 Å². The third-order valence-electron chi connectivity index (χ3n) is 0.122. The molecule has 4 heteroatoms. The molecule has 0 aromatic rings. The first-order valence-corrected chi connectivity index (χ1v) is 0.957. The number of nitro groups is 1. The summed E-state index contributed by atoms with van der Waals surface area (Å²) in [7, 11) is 0. The maximum absolute atomic E-state index is 8.99. The second-order valence-electron chi connectivity index (χ2n) is 0.434. The van der Waals surface area contributed by atoms with Crippen molar-refractivity contribution >= 4 is 0 Å². The average Bonchev–Trinajstić information content (AvgIpc) is 1.38. The van der Waals surface area contributed by atoms with Crippen molar-refractivity contribution in [3.63, 3.8) is 0 Å². The molecule has 0 unspecified atom stereocenters. The van der Waals surface area contributed by atoms with Crippen LogP contribution in [0.25, 0.3) is 0 Å². The fraction of sp³-hybridized carbons (Fsp3) is 0. The molecule has 0 rings (SSSR count). The van der Waals surface area contributed by atoms with Crippen molar-refractivity contribution in [1.82, 2.24) is 0 Å². The van der Waals surface area contributed by atoms with Gasteiger partial charge in [-0.2, -0.15) is 0 Å². The zero-order chi connectivity index (χ0) is 4.28. The molecular formula is C2H2NO2W-. The Kier molecular flexibility index (Phi) is 7.46. The van der Waals surface area contributed by atoms with Crippen LogP contribution >= 0.6 is 0 Å². The van der Waals surface area contributed by atoms with Gasteiger partial charge in [-0.05, 0) is 0 Å². The standard InChI is InChI=1S/C2H2NO2.W/c1-2-3(4)5;/h1-2H;/q-1;. The first kappa shape index (κ1) is 9.27. The molecule has 0 aromatic heterocycles. The van der Waals surface area contributed by atoms with Crippen molar-refractivity contribution in [3.8, 4) is 0 Å². The summed E-state index contributed by atoms with van der Waals surface area (Å²) >= 11 is 0. The summed E-state index contributed by atoms with van der Waals surface area (Å²) in [5, 5.41) is 8.99. The van der Waals surface area contributed by atoms with Crippen LogP contribution in [-0.4, -0.2) is 4.92 Å². The minimum absolute atomic E-state index is 0. The van der Waals surface area contributed by atoms with E-state index < -0.39 is 4.92 Å². The molecule has 3 nitrogen and oxygen atoms in total. The Morgan fingerprint density at radius 3 is 2.00 bits per heavy atom. The molecule has 0 aliphatic carbocycles. The molecule has 0 saturated heterocycles. The molecule has 0 aliphatic heterocycles. The van der Waals surface area contributed by atoms with E-state index in [0.29, 0.717) is 6.20 Å². The van der Waals surface area contributed by atoms with E-state index in [1.807, 2.05) is 0 Å². The van der Waals surface area contributed by atoms with Gasteiger partial charge in [0, 0.05) is 26.0 Å². The van der Waals surface area contributed by atoms with Crippen molar-refractivity contribution in [2.45, 2.75) is 0 Å². The monoisotopic (exact) mass is 256 g/mol. The predicted octanol–water partition coefficient (Wildman–Crippen LogP) is 0.207. The minimum atomic E-state index is -0.722. The van der Waals surface area contributed by atoms with Gasteiger partial charge in [0.1, 0.15) is 0 Å². The van der Waals surface area contributed by atoms with Gasteiger partial charge < -0.3 is 6.58 Å². The summed E-state index contributed by atoms with van der Waals surface area (Å²) in [4.78, 5) is 8.27. The van der Waals surface area contributed by atoms with Gasteiger partial charge in [-0.3, -0.25) is 10.1 Å². The maximum atomic E-state index is 8.99. The van der Waals surface area contributed by atoms with E-state index in [4.69, 9.17) is 10.1 Å². The van der Waals surface area contributed by atoms with Gasteiger partial charge in [-0.1, -0.05) is 0 Å². The van der Waals surface area contributed by atoms with Crippen molar-refractivity contribution in [1.29, 1.82) is 0 Å². The molecule has 0 fully saturated rings. The second-order valence-corrected chi connectivity index (χ2v) is 0.434. The normalized spacial score (nSPS) is 5.33. The Balaban J connectivity index is 0. The molecule has 0 aromatic carbocycles. The largest absolute Gasteiger partial charge is 0.439 e. The average molecular weight is 256 g/mol. The predicted molar refractivity (Wildman–Crippen MR) is 15.9 cm³/mol. The summed E-state index contributed by atoms with van der Waals surface area (Å²) < 4.78 is 0. The van der Waals surface area contributed by atoms with E-state index in [2.05, 4.69) is 6.58 Å². The topological polar surface area (TPSA) is 43.1 Å². The number of nitrogens with zero attached hydrogens (tertiary/aromatic N) is 1. The molecule has 0 amide bonds. The zero-order valence-electron chi connectivity index (χ0n) is 2.83. The van der Waals surface area contributed by atoms with Gasteiger partial charge in [0.2, 0.25) is 0 Å². The number of hydrogen-bond acceptors (Lipinski definition) is 2. The second kappa shape index (κ2) is 4.83. The molecule has 0 heterocycles. The van der Waals surface area contributed by atoms with Crippen LogP contribution in [0.5, 0.6) is 0 Å². The third-order valence-corrected chi connectivity index (χ3v) is 0.122. The molecule has 0 atom stereocenters. The summed E-state index contributed by atoms with van der Waals surface area (Å²) in [5.41, 5.74) is 0. The van der Waals surface area contributed by atoms with Crippen LogP contribution in [0.2, 0.25) is 0 Å². The molecule has 0 aliphatic rings. The van der Waals surface area contributed by atoms with Crippen LogP contribution in [0.1, 0.15) is 0 Å². The van der Waals surface area contributed by atoms with Gasteiger partial charge in [0.15, 0.2) is 0 Å². The Labute approximate surface area is 49.5 Å². The van der Waals surface area contributed by atoms with Crippen LogP contribution < -0.4 is 0 Å². The number of rotatable bonds is 1. The van der Waals surface area contributed by atoms with Gasteiger partial charge in [0.25, 0.3) is 0 Å². The van der Waals surface area contributed by atoms with Gasteiger partial charge in [-0.25, -0.2) is 0 Å². The molecule has 0 radical (unpaired) electrons. The SMILES string of the molecule is [CH-]=C[N+](=O)[O-].[W]. The molecule has 34 valence electrons. The minimum Gasteiger partial charge on any atom is -0.439 e. The third kappa shape index (κ3) is 9.16. The Hall–Kier alpha value is -0.172. The van der Waals surface area contributed by atoms with Gasteiger partial charge in [0.05, 0.1) is 6.20 Å². The van der Waals surface area contributed by atoms with E-state index in [9.17, 15) is 0 Å². The summed E-state index contributed by atoms with van der Waals surface area (Å²) in [6.07, 6.45) is 0.389. The van der Waals surface area contributed by atoms with E-state index in [1.54, 1.807) is 0 Å². The van der Waals surface area contributed by atoms with Crippen LogP contribution in [0.4, 0.5) is 0 Å². The van der Waals surface area contributed by atoms with Crippen LogP contribution in [0.3, 0.4) is 0 Å². The summed E-state index contributed by atoms with van der Waals surface area (Å²) in [6.45, 7) is 4.35. The molecule has 0 bridgehead atoms. The van der Waals surface area contributed by atoms with Crippen molar-refractivity contribution in [2.75, 3.05) is 0 Å². The number of hydrogen-bond donors (Lipinski definition) is 0. The molecule has 0 spiro atoms. The Bertz CT molecular complexity index is 62.6. The molecule has 0 saturated carbocycles. The Morgan fingerprint density at radius 2 is 2.00 bits per heavy atom. The molecular weight excluding hydrogens is 254 g/mol. The van der Waals surface area contributed by atoms with Crippen LogP contribution in [0, 0.1) is 16.7 Å². The fourth-order valence-electron chi connectivity index (χ4n) is 0. The van der Waals surface area contributed by atoms with Crippen LogP contribution in [0.15, 0.2) is 6.20 Å².